The number of ether oxygens (including phenoxy) is 3. The fourth-order valence-corrected chi connectivity index (χ4v) is 1.98. The number of amides is 1. The fourth-order valence-electron chi connectivity index (χ4n) is 1.98. The lowest BCUT2D eigenvalue weighted by Crippen LogP contribution is -2.49. The molecule has 1 aliphatic rings. The van der Waals surface area contributed by atoms with Crippen LogP contribution in [0.4, 0.5) is 13.6 Å². The number of halogens is 3. The Balaban J connectivity index is 0.00000220. The van der Waals surface area contributed by atoms with Crippen molar-refractivity contribution >= 4 is 18.5 Å². The number of methoxy groups -OCH3 is 1. The van der Waals surface area contributed by atoms with Crippen LogP contribution >= 0.6 is 12.4 Å². The summed E-state index contributed by atoms with van der Waals surface area (Å²) in [7, 11) is 1.46. The van der Waals surface area contributed by atoms with Gasteiger partial charge < -0.3 is 19.5 Å². The molecule has 2 rings (SSSR count). The van der Waals surface area contributed by atoms with Gasteiger partial charge in [-0.1, -0.05) is 6.07 Å². The maximum atomic E-state index is 13.8. The van der Waals surface area contributed by atoms with Crippen LogP contribution in [0.5, 0.6) is 11.5 Å². The first-order valence-corrected chi connectivity index (χ1v) is 6.09. The van der Waals surface area contributed by atoms with Gasteiger partial charge in [-0.05, 0) is 24.6 Å². The molecule has 1 aromatic carbocycles. The van der Waals surface area contributed by atoms with Crippen molar-refractivity contribution in [3.05, 3.63) is 23.8 Å². The number of hydrogen-bond acceptors (Lipinski definition) is 4. The summed E-state index contributed by atoms with van der Waals surface area (Å²) in [4.78, 5) is 11.1. The van der Waals surface area contributed by atoms with Gasteiger partial charge in [0, 0.05) is 0 Å². The summed E-state index contributed by atoms with van der Waals surface area (Å²) in [5, 5.41) is 2.12. The van der Waals surface area contributed by atoms with E-state index in [1.165, 1.54) is 25.3 Å². The molecule has 118 valence electrons. The van der Waals surface area contributed by atoms with Crippen molar-refractivity contribution in [2.24, 2.45) is 0 Å². The van der Waals surface area contributed by atoms with Gasteiger partial charge in [0.05, 0.1) is 13.7 Å². The maximum Gasteiger partial charge on any atom is 0.408 e. The molecule has 1 atom stereocenters. The van der Waals surface area contributed by atoms with Gasteiger partial charge in [-0.3, -0.25) is 0 Å². The van der Waals surface area contributed by atoms with Crippen LogP contribution in [0, 0.1) is 0 Å². The molecule has 1 aromatic rings. The highest BCUT2D eigenvalue weighted by Gasteiger charge is 2.47. The third-order valence-corrected chi connectivity index (χ3v) is 2.90. The summed E-state index contributed by atoms with van der Waals surface area (Å²) >= 11 is 0. The number of hydrogen-bond donors (Lipinski definition) is 1. The molecule has 1 heterocycles. The van der Waals surface area contributed by atoms with Crippen LogP contribution in [0.25, 0.3) is 0 Å². The molecule has 8 heteroatoms. The van der Waals surface area contributed by atoms with Gasteiger partial charge in [0.2, 0.25) is 0 Å². The van der Waals surface area contributed by atoms with Crippen molar-refractivity contribution < 1.29 is 27.8 Å². The Morgan fingerprint density at radius 1 is 1.43 bits per heavy atom. The van der Waals surface area contributed by atoms with E-state index < -0.39 is 24.7 Å². The number of alkyl halides is 2. The van der Waals surface area contributed by atoms with Crippen molar-refractivity contribution in [1.82, 2.24) is 5.32 Å². The lowest BCUT2D eigenvalue weighted by atomic mass is 9.99. The molecule has 0 aliphatic carbocycles. The lowest BCUT2D eigenvalue weighted by molar-refractivity contribution is -0.104. The summed E-state index contributed by atoms with van der Waals surface area (Å²) < 4.78 is 42.4. The summed E-state index contributed by atoms with van der Waals surface area (Å²) in [6.07, 6.45) is -0.866. The molecular formula is C13H16ClF2NO4. The second-order valence-corrected chi connectivity index (χ2v) is 4.26. The van der Waals surface area contributed by atoms with Gasteiger partial charge in [0.1, 0.15) is 6.04 Å². The van der Waals surface area contributed by atoms with Crippen LogP contribution in [0.15, 0.2) is 18.2 Å². The molecular weight excluding hydrogens is 308 g/mol. The molecule has 1 N–H and O–H groups in total. The molecule has 0 aromatic heterocycles. The van der Waals surface area contributed by atoms with E-state index in [2.05, 4.69) is 10.1 Å². The standard InChI is InChI=1S/C13H15F2NO4.ClH/c1-3-19-10-6-8(4-5-9(10)18-2)11-13(14,15)7-20-12(17)16-11;/h4-6,11H,3,7H2,1-2H3,(H,16,17);1H/t11-;/m0./s1. The molecule has 1 aliphatic heterocycles. The Bertz CT molecular complexity index is 513. The van der Waals surface area contributed by atoms with Crippen LogP contribution < -0.4 is 14.8 Å². The maximum absolute atomic E-state index is 13.8. The van der Waals surface area contributed by atoms with E-state index in [1.807, 2.05) is 0 Å². The Hall–Kier alpha value is -1.76. The van der Waals surface area contributed by atoms with Crippen LogP contribution in [-0.2, 0) is 4.74 Å². The van der Waals surface area contributed by atoms with Gasteiger partial charge in [-0.2, -0.15) is 0 Å². The van der Waals surface area contributed by atoms with Gasteiger partial charge >= 0.3 is 12.0 Å². The average molecular weight is 324 g/mol. The Kier molecular flexibility index (Phi) is 5.60. The third kappa shape index (κ3) is 3.66. The summed E-state index contributed by atoms with van der Waals surface area (Å²) in [5.74, 6) is -2.40. The molecule has 21 heavy (non-hydrogen) atoms. The third-order valence-electron chi connectivity index (χ3n) is 2.90. The number of benzene rings is 1. The van der Waals surface area contributed by atoms with Crippen molar-refractivity contribution in [2.45, 2.75) is 18.9 Å². The molecule has 0 unspecified atom stereocenters. The van der Waals surface area contributed by atoms with E-state index in [9.17, 15) is 13.6 Å². The van der Waals surface area contributed by atoms with Crippen molar-refractivity contribution in [2.75, 3.05) is 20.3 Å². The van der Waals surface area contributed by atoms with Gasteiger partial charge in [0.25, 0.3) is 0 Å². The predicted octanol–water partition coefficient (Wildman–Crippen LogP) is 2.93. The molecule has 0 bridgehead atoms. The first-order chi connectivity index (χ1) is 9.47. The first-order valence-electron chi connectivity index (χ1n) is 6.09. The SMILES string of the molecule is CCOc1cc([C@@H]2NC(=O)OCC2(F)F)ccc1OC.Cl. The molecule has 0 radical (unpaired) electrons. The zero-order valence-corrected chi connectivity index (χ0v) is 12.3. The second-order valence-electron chi connectivity index (χ2n) is 4.26. The number of carbonyl (C=O) groups is 1. The van der Waals surface area contributed by atoms with Gasteiger partial charge in [0.15, 0.2) is 18.1 Å². The minimum absolute atomic E-state index is 0. The van der Waals surface area contributed by atoms with E-state index >= 15 is 0 Å². The lowest BCUT2D eigenvalue weighted by Gasteiger charge is -2.32. The van der Waals surface area contributed by atoms with E-state index in [0.29, 0.717) is 18.1 Å². The molecule has 1 fully saturated rings. The van der Waals surface area contributed by atoms with E-state index in [1.54, 1.807) is 6.92 Å². The second kappa shape index (κ2) is 6.80. The average Bonchev–Trinajstić information content (AvgIpc) is 2.42. The van der Waals surface area contributed by atoms with Crippen molar-refractivity contribution in [3.63, 3.8) is 0 Å². The van der Waals surface area contributed by atoms with Crippen LogP contribution in [0.2, 0.25) is 0 Å². The van der Waals surface area contributed by atoms with Crippen LogP contribution in [0.1, 0.15) is 18.5 Å². The van der Waals surface area contributed by atoms with E-state index in [4.69, 9.17) is 9.47 Å². The monoisotopic (exact) mass is 323 g/mol. The zero-order valence-electron chi connectivity index (χ0n) is 11.5. The molecule has 0 saturated carbocycles. The van der Waals surface area contributed by atoms with Gasteiger partial charge in [-0.25, -0.2) is 13.6 Å². The molecule has 5 nitrogen and oxygen atoms in total. The van der Waals surface area contributed by atoms with Gasteiger partial charge in [-0.15, -0.1) is 12.4 Å². The highest BCUT2D eigenvalue weighted by Crippen LogP contribution is 2.38. The number of nitrogens with one attached hydrogen (secondary N) is 1. The highest BCUT2D eigenvalue weighted by atomic mass is 35.5. The zero-order chi connectivity index (χ0) is 14.8. The smallest absolute Gasteiger partial charge is 0.408 e. The number of alkyl carbamates (subject to hydrolysis) is 1. The minimum atomic E-state index is -3.19. The van der Waals surface area contributed by atoms with E-state index in [-0.39, 0.29) is 18.0 Å². The molecule has 1 saturated heterocycles. The Labute approximate surface area is 127 Å². The number of carbonyl (C=O) groups excluding carboxylic acids is 1. The summed E-state index contributed by atoms with van der Waals surface area (Å²) in [6.45, 7) is 1.20. The molecule has 0 spiro atoms. The summed E-state index contributed by atoms with van der Waals surface area (Å²) in [6, 6.07) is 2.98. The van der Waals surface area contributed by atoms with Crippen molar-refractivity contribution in [1.29, 1.82) is 0 Å². The topological polar surface area (TPSA) is 56.8 Å². The number of cyclic esters (lactones) is 1. The largest absolute Gasteiger partial charge is 0.493 e. The first kappa shape index (κ1) is 17.3. The summed E-state index contributed by atoms with van der Waals surface area (Å²) in [5.41, 5.74) is 0.232. The van der Waals surface area contributed by atoms with Crippen LogP contribution in [-0.4, -0.2) is 32.3 Å². The van der Waals surface area contributed by atoms with Crippen LogP contribution in [0.3, 0.4) is 0 Å². The quantitative estimate of drug-likeness (QED) is 0.925. The highest BCUT2D eigenvalue weighted by molar-refractivity contribution is 5.85. The van der Waals surface area contributed by atoms with Crippen molar-refractivity contribution in [3.8, 4) is 11.5 Å². The normalized spacial score (nSPS) is 19.8. The molecule has 1 amide bonds. The Morgan fingerprint density at radius 2 is 2.14 bits per heavy atom. The number of rotatable bonds is 4. The predicted molar refractivity (Wildman–Crippen MR) is 73.6 cm³/mol. The Morgan fingerprint density at radius 3 is 2.76 bits per heavy atom. The fraction of sp³-hybridized carbons (Fsp3) is 0.462. The van der Waals surface area contributed by atoms with E-state index in [0.717, 1.165) is 0 Å². The minimum Gasteiger partial charge on any atom is -0.493 e.